The highest BCUT2D eigenvalue weighted by Crippen LogP contribution is 2.44. The number of amides is 1. The van der Waals surface area contributed by atoms with Crippen molar-refractivity contribution >= 4 is 5.91 Å². The van der Waals surface area contributed by atoms with Gasteiger partial charge in [-0.3, -0.25) is 4.79 Å². The van der Waals surface area contributed by atoms with Gasteiger partial charge < -0.3 is 11.1 Å². The van der Waals surface area contributed by atoms with E-state index in [0.717, 1.165) is 25.3 Å². The van der Waals surface area contributed by atoms with Gasteiger partial charge in [0.1, 0.15) is 0 Å². The molecule has 2 rings (SSSR count). The van der Waals surface area contributed by atoms with Crippen LogP contribution in [-0.4, -0.2) is 18.5 Å². The average molecular weight is 266 g/mol. The lowest BCUT2D eigenvalue weighted by Gasteiger charge is -2.46. The van der Waals surface area contributed by atoms with Gasteiger partial charge in [0.15, 0.2) is 0 Å². The summed E-state index contributed by atoms with van der Waals surface area (Å²) in [5.74, 6) is 2.25. The number of hydrogen-bond acceptors (Lipinski definition) is 2. The Balaban J connectivity index is 1.90. The summed E-state index contributed by atoms with van der Waals surface area (Å²) in [4.78, 5) is 12.5. The highest BCUT2D eigenvalue weighted by atomic mass is 16.1. The second kappa shape index (κ2) is 5.43. The third-order valence-corrected chi connectivity index (χ3v) is 5.84. The van der Waals surface area contributed by atoms with Crippen LogP contribution in [-0.2, 0) is 4.79 Å². The van der Waals surface area contributed by atoms with Crippen molar-refractivity contribution in [1.82, 2.24) is 5.32 Å². The highest BCUT2D eigenvalue weighted by molar-refractivity contribution is 5.79. The summed E-state index contributed by atoms with van der Waals surface area (Å²) >= 11 is 0. The Kier molecular flexibility index (Phi) is 4.24. The predicted molar refractivity (Wildman–Crippen MR) is 78.5 cm³/mol. The Hall–Kier alpha value is -0.570. The Bertz CT molecular complexity index is 336. The first-order chi connectivity index (χ1) is 8.84. The molecule has 0 spiro atoms. The summed E-state index contributed by atoms with van der Waals surface area (Å²) in [6.07, 6.45) is 4.60. The van der Waals surface area contributed by atoms with Crippen molar-refractivity contribution in [2.24, 2.45) is 34.8 Å². The lowest BCUT2D eigenvalue weighted by molar-refractivity contribution is -0.132. The van der Waals surface area contributed by atoms with Gasteiger partial charge in [-0.25, -0.2) is 0 Å². The van der Waals surface area contributed by atoms with Crippen molar-refractivity contribution in [3.05, 3.63) is 0 Å². The van der Waals surface area contributed by atoms with E-state index in [1.54, 1.807) is 0 Å². The van der Waals surface area contributed by atoms with Crippen molar-refractivity contribution in [1.29, 1.82) is 0 Å². The molecule has 0 radical (unpaired) electrons. The Morgan fingerprint density at radius 1 is 1.32 bits per heavy atom. The molecule has 110 valence electrons. The van der Waals surface area contributed by atoms with Crippen LogP contribution in [0.1, 0.15) is 53.4 Å². The van der Waals surface area contributed by atoms with Crippen molar-refractivity contribution < 1.29 is 4.79 Å². The van der Waals surface area contributed by atoms with Crippen LogP contribution in [0.3, 0.4) is 0 Å². The molecule has 0 heterocycles. The Labute approximate surface area is 117 Å². The average Bonchev–Trinajstić information content (AvgIpc) is 3.17. The minimum atomic E-state index is 0.00453. The second-order valence-electron chi connectivity index (χ2n) is 7.46. The van der Waals surface area contributed by atoms with Crippen LogP contribution in [0, 0.1) is 29.1 Å². The molecule has 3 N–H and O–H groups in total. The molecule has 2 saturated carbocycles. The van der Waals surface area contributed by atoms with Crippen LogP contribution in [0.15, 0.2) is 0 Å². The van der Waals surface area contributed by atoms with Gasteiger partial charge >= 0.3 is 0 Å². The zero-order chi connectivity index (χ0) is 14.2. The molecular weight excluding hydrogens is 236 g/mol. The van der Waals surface area contributed by atoms with Crippen molar-refractivity contribution in [2.75, 3.05) is 6.54 Å². The lowest BCUT2D eigenvalue weighted by Crippen LogP contribution is -2.52. The second-order valence-corrected chi connectivity index (χ2v) is 7.46. The van der Waals surface area contributed by atoms with Crippen LogP contribution >= 0.6 is 0 Å². The van der Waals surface area contributed by atoms with Gasteiger partial charge in [0, 0.05) is 18.5 Å². The monoisotopic (exact) mass is 266 g/mol. The zero-order valence-electron chi connectivity index (χ0n) is 12.9. The van der Waals surface area contributed by atoms with E-state index >= 15 is 0 Å². The summed E-state index contributed by atoms with van der Waals surface area (Å²) in [7, 11) is 0. The molecular formula is C16H30N2O. The number of nitrogens with one attached hydrogen (secondary N) is 1. The minimum Gasteiger partial charge on any atom is -0.356 e. The standard InChI is InChI=1S/C16H30N2O/c1-10(12-5-6-12)9-18-15(19)13-7-8-14(17)11(2)16(13,3)4/h10-14H,5-9,17H2,1-4H3,(H,18,19). The smallest absolute Gasteiger partial charge is 0.223 e. The zero-order valence-corrected chi connectivity index (χ0v) is 12.9. The van der Waals surface area contributed by atoms with E-state index in [9.17, 15) is 4.79 Å². The van der Waals surface area contributed by atoms with E-state index in [-0.39, 0.29) is 23.3 Å². The van der Waals surface area contributed by atoms with E-state index in [4.69, 9.17) is 5.73 Å². The van der Waals surface area contributed by atoms with Gasteiger partial charge in [-0.1, -0.05) is 27.7 Å². The van der Waals surface area contributed by atoms with Gasteiger partial charge in [-0.05, 0) is 48.9 Å². The summed E-state index contributed by atoms with van der Waals surface area (Å²) in [5.41, 5.74) is 6.16. The molecule has 0 bridgehead atoms. The predicted octanol–water partition coefficient (Wildman–Crippen LogP) is 2.55. The SMILES string of the molecule is CC(CNC(=O)C1CCC(N)C(C)C1(C)C)C1CC1. The largest absolute Gasteiger partial charge is 0.356 e. The minimum absolute atomic E-state index is 0.00453. The first-order valence-electron chi connectivity index (χ1n) is 7.87. The van der Waals surface area contributed by atoms with E-state index in [1.165, 1.54) is 12.8 Å². The fourth-order valence-corrected chi connectivity index (χ4v) is 3.54. The van der Waals surface area contributed by atoms with Crippen molar-refractivity contribution in [3.8, 4) is 0 Å². The number of hydrogen-bond donors (Lipinski definition) is 2. The summed E-state index contributed by atoms with van der Waals surface area (Å²) in [6, 6.07) is 0.240. The number of carbonyl (C=O) groups excluding carboxylic acids is 1. The first kappa shape index (κ1) is 14.8. The number of rotatable bonds is 4. The molecule has 0 aliphatic heterocycles. The maximum Gasteiger partial charge on any atom is 0.223 e. The Morgan fingerprint density at radius 3 is 2.53 bits per heavy atom. The van der Waals surface area contributed by atoms with Crippen LogP contribution < -0.4 is 11.1 Å². The molecule has 0 aromatic carbocycles. The first-order valence-corrected chi connectivity index (χ1v) is 7.87. The molecule has 2 aliphatic rings. The van der Waals surface area contributed by atoms with E-state index in [0.29, 0.717) is 11.8 Å². The van der Waals surface area contributed by atoms with Crippen LogP contribution in [0.5, 0.6) is 0 Å². The molecule has 0 saturated heterocycles. The normalized spacial score (nSPS) is 35.7. The van der Waals surface area contributed by atoms with Gasteiger partial charge in [-0.2, -0.15) is 0 Å². The third kappa shape index (κ3) is 3.13. The van der Waals surface area contributed by atoms with Crippen molar-refractivity contribution in [3.63, 3.8) is 0 Å². The van der Waals surface area contributed by atoms with Gasteiger partial charge in [0.25, 0.3) is 0 Å². The quantitative estimate of drug-likeness (QED) is 0.821. The molecule has 2 aliphatic carbocycles. The van der Waals surface area contributed by atoms with Gasteiger partial charge in [-0.15, -0.1) is 0 Å². The van der Waals surface area contributed by atoms with Gasteiger partial charge in [0.2, 0.25) is 5.91 Å². The molecule has 3 heteroatoms. The van der Waals surface area contributed by atoms with E-state index < -0.39 is 0 Å². The van der Waals surface area contributed by atoms with E-state index in [1.807, 2.05) is 0 Å². The summed E-state index contributed by atoms with van der Waals surface area (Å²) in [5, 5.41) is 3.18. The highest BCUT2D eigenvalue weighted by Gasteiger charge is 2.45. The van der Waals surface area contributed by atoms with Crippen LogP contribution in [0.2, 0.25) is 0 Å². The topological polar surface area (TPSA) is 55.1 Å². The number of carbonyl (C=O) groups is 1. The van der Waals surface area contributed by atoms with E-state index in [2.05, 4.69) is 33.0 Å². The Morgan fingerprint density at radius 2 is 1.95 bits per heavy atom. The summed E-state index contributed by atoms with van der Waals surface area (Å²) in [6.45, 7) is 9.69. The fraction of sp³-hybridized carbons (Fsp3) is 0.938. The molecule has 1 amide bonds. The molecule has 3 nitrogen and oxygen atoms in total. The fourth-order valence-electron chi connectivity index (χ4n) is 3.54. The molecule has 4 atom stereocenters. The molecule has 0 aromatic heterocycles. The van der Waals surface area contributed by atoms with Crippen LogP contribution in [0.25, 0.3) is 0 Å². The lowest BCUT2D eigenvalue weighted by atomic mass is 9.61. The van der Waals surface area contributed by atoms with Crippen molar-refractivity contribution in [2.45, 2.75) is 59.4 Å². The van der Waals surface area contributed by atoms with Crippen LogP contribution in [0.4, 0.5) is 0 Å². The summed E-state index contributed by atoms with van der Waals surface area (Å²) < 4.78 is 0. The molecule has 19 heavy (non-hydrogen) atoms. The molecule has 2 fully saturated rings. The molecule has 4 unspecified atom stereocenters. The maximum atomic E-state index is 12.5. The molecule has 0 aromatic rings. The maximum absolute atomic E-state index is 12.5. The third-order valence-electron chi connectivity index (χ3n) is 5.84. The number of nitrogens with two attached hydrogens (primary N) is 1. The van der Waals surface area contributed by atoms with Gasteiger partial charge in [0.05, 0.1) is 0 Å².